The Kier molecular flexibility index (Phi) is 1.81. The zero-order valence-electron chi connectivity index (χ0n) is 4.96. The fourth-order valence-electron chi connectivity index (χ4n) is 1.02. The first-order chi connectivity index (χ1) is 4.20. The van der Waals surface area contributed by atoms with E-state index in [1.165, 1.54) is 0 Å². The molecule has 2 nitrogen and oxygen atoms in total. The average molecular weight is 144 g/mol. The Balaban J connectivity index is 2.48. The van der Waals surface area contributed by atoms with Gasteiger partial charge in [-0.2, -0.15) is 0 Å². The van der Waals surface area contributed by atoms with Crippen LogP contribution in [0.3, 0.4) is 0 Å². The molecule has 50 valence electrons. The molecule has 0 aromatic carbocycles. The van der Waals surface area contributed by atoms with Crippen molar-refractivity contribution >= 4 is 23.1 Å². The van der Waals surface area contributed by atoms with Gasteiger partial charge in [-0.05, 0) is 24.1 Å². The summed E-state index contributed by atoms with van der Waals surface area (Å²) >= 11 is 4.85. The van der Waals surface area contributed by atoms with E-state index in [1.54, 1.807) is 0 Å². The van der Waals surface area contributed by atoms with Gasteiger partial charge in [-0.1, -0.05) is 12.2 Å². The zero-order valence-corrected chi connectivity index (χ0v) is 5.78. The van der Waals surface area contributed by atoms with E-state index in [1.807, 2.05) is 0 Å². The summed E-state index contributed by atoms with van der Waals surface area (Å²) in [5, 5.41) is 8.47. The molecule has 0 aliphatic heterocycles. The van der Waals surface area contributed by atoms with E-state index in [-0.39, 0.29) is 5.92 Å². The Morgan fingerprint density at radius 3 is 2.67 bits per heavy atom. The van der Waals surface area contributed by atoms with Crippen LogP contribution in [0.4, 0.5) is 0 Å². The first-order valence-corrected chi connectivity index (χ1v) is 3.35. The number of thiocarbonyl (C=S) groups is 1. The molecule has 1 fully saturated rings. The highest BCUT2D eigenvalue weighted by molar-refractivity contribution is 7.80. The molecule has 1 atom stereocenters. The molecule has 0 aromatic rings. The summed E-state index contributed by atoms with van der Waals surface area (Å²) in [6.07, 6.45) is 2.19. The van der Waals surface area contributed by atoms with E-state index in [2.05, 4.69) is 0 Å². The van der Waals surface area contributed by atoms with Gasteiger partial charge < -0.3 is 5.11 Å². The minimum absolute atomic E-state index is 0.183. The summed E-state index contributed by atoms with van der Waals surface area (Å²) in [5.41, 5.74) is 0. The molecule has 0 saturated heterocycles. The van der Waals surface area contributed by atoms with Gasteiger partial charge in [-0.15, -0.1) is 0 Å². The largest absolute Gasteiger partial charge is 0.481 e. The van der Waals surface area contributed by atoms with Crippen LogP contribution >= 0.6 is 12.2 Å². The fraction of sp³-hybridized carbons (Fsp3) is 0.667. The van der Waals surface area contributed by atoms with E-state index in [0.29, 0.717) is 6.42 Å². The molecule has 0 amide bonds. The Morgan fingerprint density at radius 1 is 1.78 bits per heavy atom. The van der Waals surface area contributed by atoms with Crippen molar-refractivity contribution in [1.29, 1.82) is 0 Å². The maximum Gasteiger partial charge on any atom is 0.306 e. The van der Waals surface area contributed by atoms with E-state index in [4.69, 9.17) is 17.3 Å². The number of carboxylic acid groups (broad SMARTS) is 1. The number of aliphatic carboxylic acids is 1. The van der Waals surface area contributed by atoms with E-state index in [9.17, 15) is 4.79 Å². The summed E-state index contributed by atoms with van der Waals surface area (Å²) in [6.45, 7) is 0. The van der Waals surface area contributed by atoms with Gasteiger partial charge in [0.1, 0.15) is 0 Å². The third-order valence-electron chi connectivity index (χ3n) is 1.59. The van der Waals surface area contributed by atoms with Crippen LogP contribution in [0.25, 0.3) is 0 Å². The SMILES string of the molecule is O=C(O)C1CCC(=S)C1. The topological polar surface area (TPSA) is 37.3 Å². The summed E-state index contributed by atoms with van der Waals surface area (Å²) in [6, 6.07) is 0. The molecule has 3 heteroatoms. The highest BCUT2D eigenvalue weighted by Crippen LogP contribution is 2.22. The van der Waals surface area contributed by atoms with Gasteiger partial charge in [0.05, 0.1) is 5.92 Å². The van der Waals surface area contributed by atoms with Crippen LogP contribution in [-0.4, -0.2) is 15.9 Å². The Labute approximate surface area is 58.9 Å². The molecular formula is C6H8O2S. The second-order valence-corrected chi connectivity index (χ2v) is 2.89. The van der Waals surface area contributed by atoms with Gasteiger partial charge in [0, 0.05) is 0 Å². The first-order valence-electron chi connectivity index (χ1n) is 2.94. The fourth-order valence-corrected chi connectivity index (χ4v) is 1.34. The minimum Gasteiger partial charge on any atom is -0.481 e. The van der Waals surface area contributed by atoms with Crippen molar-refractivity contribution in [1.82, 2.24) is 0 Å². The molecule has 1 saturated carbocycles. The second kappa shape index (κ2) is 2.43. The van der Waals surface area contributed by atoms with Crippen molar-refractivity contribution in [2.24, 2.45) is 5.92 Å². The first kappa shape index (κ1) is 6.68. The smallest absolute Gasteiger partial charge is 0.306 e. The zero-order chi connectivity index (χ0) is 6.85. The molecule has 0 aromatic heterocycles. The number of carbonyl (C=O) groups is 1. The summed E-state index contributed by atoms with van der Waals surface area (Å²) in [5.74, 6) is -0.882. The number of hydrogen-bond acceptors (Lipinski definition) is 2. The third-order valence-corrected chi connectivity index (χ3v) is 1.97. The monoisotopic (exact) mass is 144 g/mol. The maximum atomic E-state index is 10.3. The standard InChI is InChI=1S/C6H8O2S/c7-6(8)4-1-2-5(9)3-4/h4H,1-3H2,(H,7,8). The predicted molar refractivity (Wildman–Crippen MR) is 37.6 cm³/mol. The van der Waals surface area contributed by atoms with Gasteiger partial charge in [0.2, 0.25) is 0 Å². The maximum absolute atomic E-state index is 10.3. The molecule has 0 spiro atoms. The van der Waals surface area contributed by atoms with E-state index < -0.39 is 5.97 Å². The normalized spacial score (nSPS) is 26.7. The highest BCUT2D eigenvalue weighted by atomic mass is 32.1. The molecule has 0 bridgehead atoms. The molecule has 1 rings (SSSR count). The Bertz CT molecular complexity index is 153. The van der Waals surface area contributed by atoms with Crippen LogP contribution in [-0.2, 0) is 4.79 Å². The van der Waals surface area contributed by atoms with Crippen molar-refractivity contribution in [3.63, 3.8) is 0 Å². The summed E-state index contributed by atoms with van der Waals surface area (Å²) in [4.78, 5) is 11.2. The lowest BCUT2D eigenvalue weighted by Crippen LogP contribution is -2.08. The number of rotatable bonds is 1. The van der Waals surface area contributed by atoms with Crippen molar-refractivity contribution in [3.8, 4) is 0 Å². The van der Waals surface area contributed by atoms with Gasteiger partial charge in [0.15, 0.2) is 0 Å². The Morgan fingerprint density at radius 2 is 2.44 bits per heavy atom. The van der Waals surface area contributed by atoms with Gasteiger partial charge in [0.25, 0.3) is 0 Å². The van der Waals surface area contributed by atoms with Crippen LogP contribution in [0.1, 0.15) is 19.3 Å². The van der Waals surface area contributed by atoms with Crippen LogP contribution in [0.5, 0.6) is 0 Å². The van der Waals surface area contributed by atoms with Gasteiger partial charge in [-0.3, -0.25) is 4.79 Å². The lowest BCUT2D eigenvalue weighted by molar-refractivity contribution is -0.141. The Hall–Kier alpha value is -0.440. The molecule has 1 N–H and O–H groups in total. The number of carboxylic acids is 1. The lowest BCUT2D eigenvalue weighted by atomic mass is 10.1. The van der Waals surface area contributed by atoms with E-state index in [0.717, 1.165) is 17.7 Å². The molecule has 0 radical (unpaired) electrons. The van der Waals surface area contributed by atoms with Crippen LogP contribution < -0.4 is 0 Å². The van der Waals surface area contributed by atoms with Crippen LogP contribution in [0.2, 0.25) is 0 Å². The van der Waals surface area contributed by atoms with E-state index >= 15 is 0 Å². The molecule has 0 heterocycles. The van der Waals surface area contributed by atoms with Crippen LogP contribution in [0.15, 0.2) is 0 Å². The molecule has 1 aliphatic rings. The van der Waals surface area contributed by atoms with Crippen molar-refractivity contribution < 1.29 is 9.90 Å². The predicted octanol–water partition coefficient (Wildman–Crippen LogP) is 1.24. The molecule has 9 heavy (non-hydrogen) atoms. The lowest BCUT2D eigenvalue weighted by Gasteiger charge is -1.96. The molecule has 1 aliphatic carbocycles. The molecular weight excluding hydrogens is 136 g/mol. The van der Waals surface area contributed by atoms with Crippen molar-refractivity contribution in [2.75, 3.05) is 0 Å². The van der Waals surface area contributed by atoms with Gasteiger partial charge >= 0.3 is 5.97 Å². The second-order valence-electron chi connectivity index (χ2n) is 2.32. The number of hydrogen-bond donors (Lipinski definition) is 1. The summed E-state index contributed by atoms with van der Waals surface area (Å²) in [7, 11) is 0. The van der Waals surface area contributed by atoms with Crippen LogP contribution in [0, 0.1) is 5.92 Å². The average Bonchev–Trinajstić information content (AvgIpc) is 2.14. The highest BCUT2D eigenvalue weighted by Gasteiger charge is 2.24. The van der Waals surface area contributed by atoms with Crippen molar-refractivity contribution in [3.05, 3.63) is 0 Å². The summed E-state index contributed by atoms with van der Waals surface area (Å²) < 4.78 is 0. The molecule has 1 unspecified atom stereocenters. The quantitative estimate of drug-likeness (QED) is 0.562. The minimum atomic E-state index is -0.699. The van der Waals surface area contributed by atoms with Crippen molar-refractivity contribution in [2.45, 2.75) is 19.3 Å². The van der Waals surface area contributed by atoms with Gasteiger partial charge in [-0.25, -0.2) is 0 Å². The third kappa shape index (κ3) is 1.48.